The zero-order valence-corrected chi connectivity index (χ0v) is 16.5. The van der Waals surface area contributed by atoms with E-state index in [1.54, 1.807) is 30.4 Å². The topological polar surface area (TPSA) is 80.3 Å². The second-order valence-electron chi connectivity index (χ2n) is 6.27. The van der Waals surface area contributed by atoms with Crippen molar-refractivity contribution in [2.45, 2.75) is 18.8 Å². The number of ether oxygens (including phenoxy) is 1. The smallest absolute Gasteiger partial charge is 0.442 e. The molecule has 0 unspecified atom stereocenters. The number of aromatic nitrogens is 1. The molecule has 0 aliphatic carbocycles. The number of para-hydroxylation sites is 1. The fraction of sp³-hybridized carbons (Fsp3) is 0.211. The van der Waals surface area contributed by atoms with Gasteiger partial charge in [0.25, 0.3) is 5.91 Å². The molecular weight excluding hydrogens is 426 g/mol. The Morgan fingerprint density at radius 1 is 1.13 bits per heavy atom. The number of alkyl halides is 3. The third-order valence-electron chi connectivity index (χ3n) is 4.22. The standard InChI is InChI=1S/C19H15F4N3O3S/c1-10-5-3-8-13-14(10)24-17(30-13)26-18(16(28)29-2,19(21,22)23)25-15(27)11-6-4-7-12(20)9-11/h3-9H,1-2H3,(H,24,26)(H,25,27)/t18-/m0/s1. The Morgan fingerprint density at radius 3 is 2.43 bits per heavy atom. The van der Waals surface area contributed by atoms with Gasteiger partial charge >= 0.3 is 17.8 Å². The number of carbonyl (C=O) groups excluding carboxylic acids is 2. The molecule has 3 rings (SSSR count). The number of nitrogens with one attached hydrogen (secondary N) is 2. The van der Waals surface area contributed by atoms with Gasteiger partial charge in [-0.3, -0.25) is 4.79 Å². The molecule has 11 heteroatoms. The quantitative estimate of drug-likeness (QED) is 0.355. The molecule has 2 aromatic carbocycles. The zero-order valence-electron chi connectivity index (χ0n) is 15.6. The van der Waals surface area contributed by atoms with Gasteiger partial charge in [0.05, 0.1) is 17.3 Å². The van der Waals surface area contributed by atoms with Crippen molar-refractivity contribution in [2.75, 3.05) is 12.4 Å². The summed E-state index contributed by atoms with van der Waals surface area (Å²) < 4.78 is 60.7. The molecule has 3 aromatic rings. The van der Waals surface area contributed by atoms with Crippen LogP contribution in [0.15, 0.2) is 42.5 Å². The summed E-state index contributed by atoms with van der Waals surface area (Å²) in [6.07, 6.45) is -5.32. The molecule has 1 aromatic heterocycles. The van der Waals surface area contributed by atoms with Gasteiger partial charge in [-0.2, -0.15) is 13.2 Å². The lowest BCUT2D eigenvalue weighted by atomic mass is 10.1. The highest BCUT2D eigenvalue weighted by molar-refractivity contribution is 7.22. The lowest BCUT2D eigenvalue weighted by molar-refractivity contribution is -0.203. The molecule has 0 radical (unpaired) electrons. The maximum absolute atomic E-state index is 14.1. The molecule has 0 aliphatic heterocycles. The van der Waals surface area contributed by atoms with Crippen LogP contribution in [0.25, 0.3) is 10.2 Å². The van der Waals surface area contributed by atoms with E-state index in [1.807, 2.05) is 5.32 Å². The van der Waals surface area contributed by atoms with E-state index in [2.05, 4.69) is 9.72 Å². The van der Waals surface area contributed by atoms with E-state index in [0.29, 0.717) is 10.2 Å². The second kappa shape index (κ2) is 7.90. The lowest BCUT2D eigenvalue weighted by Gasteiger charge is -2.34. The SMILES string of the molecule is COC(=O)[C@](NC(=O)c1cccc(F)c1)(Nc1nc2c(C)cccc2s1)C(F)(F)F. The Labute approximate surface area is 171 Å². The van der Waals surface area contributed by atoms with Crippen molar-refractivity contribution in [3.05, 3.63) is 59.4 Å². The number of methoxy groups -OCH3 is 1. The van der Waals surface area contributed by atoms with E-state index in [4.69, 9.17) is 0 Å². The number of thiazole rings is 1. The van der Waals surface area contributed by atoms with Crippen molar-refractivity contribution < 1.29 is 31.9 Å². The van der Waals surface area contributed by atoms with E-state index >= 15 is 0 Å². The van der Waals surface area contributed by atoms with Crippen molar-refractivity contribution >= 4 is 38.6 Å². The van der Waals surface area contributed by atoms with Crippen molar-refractivity contribution in [1.82, 2.24) is 10.3 Å². The fourth-order valence-corrected chi connectivity index (χ4v) is 3.72. The first-order valence-corrected chi connectivity index (χ1v) is 9.26. The summed E-state index contributed by atoms with van der Waals surface area (Å²) in [5, 5.41) is 3.36. The normalized spacial score (nSPS) is 13.5. The van der Waals surface area contributed by atoms with Crippen LogP contribution in [-0.2, 0) is 9.53 Å². The first kappa shape index (κ1) is 21.5. The summed E-state index contributed by atoms with van der Waals surface area (Å²) in [5.74, 6) is -3.97. The number of nitrogens with zero attached hydrogens (tertiary/aromatic N) is 1. The predicted octanol–water partition coefficient (Wildman–Crippen LogP) is 4.02. The van der Waals surface area contributed by atoms with Gasteiger partial charge < -0.3 is 15.4 Å². The minimum atomic E-state index is -5.32. The van der Waals surface area contributed by atoms with E-state index in [9.17, 15) is 27.2 Å². The molecule has 0 bridgehead atoms. The lowest BCUT2D eigenvalue weighted by Crippen LogP contribution is -2.69. The maximum Gasteiger partial charge on any atom is 0.442 e. The molecule has 2 N–H and O–H groups in total. The largest absolute Gasteiger partial charge is 0.466 e. The second-order valence-corrected chi connectivity index (χ2v) is 7.30. The Morgan fingerprint density at radius 2 is 1.83 bits per heavy atom. The molecule has 1 amide bonds. The minimum absolute atomic E-state index is 0.262. The van der Waals surface area contributed by atoms with E-state index in [0.717, 1.165) is 48.3 Å². The number of fused-ring (bicyclic) bond motifs is 1. The molecule has 158 valence electrons. The van der Waals surface area contributed by atoms with Gasteiger partial charge in [-0.05, 0) is 36.8 Å². The van der Waals surface area contributed by atoms with Crippen LogP contribution in [0.5, 0.6) is 0 Å². The van der Waals surface area contributed by atoms with Crippen molar-refractivity contribution in [3.8, 4) is 0 Å². The molecule has 0 spiro atoms. The summed E-state index contributed by atoms with van der Waals surface area (Å²) in [4.78, 5) is 28.8. The Hall–Kier alpha value is -3.21. The van der Waals surface area contributed by atoms with E-state index in [-0.39, 0.29) is 5.13 Å². The van der Waals surface area contributed by atoms with Gasteiger partial charge in [0.15, 0.2) is 5.13 Å². The number of hydrogen-bond acceptors (Lipinski definition) is 6. The number of esters is 1. The average Bonchev–Trinajstić information content (AvgIpc) is 3.09. The minimum Gasteiger partial charge on any atom is -0.466 e. The molecule has 1 heterocycles. The zero-order chi connectivity index (χ0) is 22.1. The van der Waals surface area contributed by atoms with Crippen molar-refractivity contribution in [2.24, 2.45) is 0 Å². The summed E-state index contributed by atoms with van der Waals surface area (Å²) in [6.45, 7) is 1.73. The van der Waals surface area contributed by atoms with Gasteiger partial charge in [0.1, 0.15) is 5.82 Å². The average molecular weight is 441 g/mol. The first-order chi connectivity index (χ1) is 14.1. The molecular formula is C19H15F4N3O3S. The van der Waals surface area contributed by atoms with Gasteiger partial charge in [-0.15, -0.1) is 0 Å². The Kier molecular flexibility index (Phi) is 5.66. The Balaban J connectivity index is 2.07. The van der Waals surface area contributed by atoms with Gasteiger partial charge in [0.2, 0.25) is 0 Å². The summed E-state index contributed by atoms with van der Waals surface area (Å²) in [5.41, 5.74) is -2.89. The number of halogens is 4. The fourth-order valence-electron chi connectivity index (χ4n) is 2.72. The predicted molar refractivity (Wildman–Crippen MR) is 103 cm³/mol. The van der Waals surface area contributed by atoms with Gasteiger partial charge in [-0.25, -0.2) is 14.2 Å². The van der Waals surface area contributed by atoms with Crippen LogP contribution in [-0.4, -0.2) is 35.8 Å². The van der Waals surface area contributed by atoms with E-state index in [1.165, 1.54) is 0 Å². The molecule has 0 fully saturated rings. The number of benzene rings is 2. The number of anilines is 1. The number of amides is 1. The van der Waals surface area contributed by atoms with Crippen LogP contribution in [0.2, 0.25) is 0 Å². The van der Waals surface area contributed by atoms with Crippen LogP contribution >= 0.6 is 11.3 Å². The van der Waals surface area contributed by atoms with Crippen LogP contribution in [0, 0.1) is 12.7 Å². The Bertz CT molecular complexity index is 1120. The summed E-state index contributed by atoms with van der Waals surface area (Å²) >= 11 is 0.866. The maximum atomic E-state index is 14.1. The molecule has 0 saturated carbocycles. The molecule has 1 atom stereocenters. The van der Waals surface area contributed by atoms with Crippen LogP contribution in [0.4, 0.5) is 22.7 Å². The highest BCUT2D eigenvalue weighted by Crippen LogP contribution is 2.36. The summed E-state index contributed by atoms with van der Waals surface area (Å²) in [7, 11) is 0.751. The molecule has 0 saturated heterocycles. The number of rotatable bonds is 5. The molecule has 0 aliphatic rings. The number of hydrogen-bond donors (Lipinski definition) is 2. The highest BCUT2D eigenvalue weighted by atomic mass is 32.1. The van der Waals surface area contributed by atoms with E-state index < -0.39 is 35.1 Å². The first-order valence-electron chi connectivity index (χ1n) is 8.45. The van der Waals surface area contributed by atoms with Gasteiger partial charge in [0, 0.05) is 5.56 Å². The highest BCUT2D eigenvalue weighted by Gasteiger charge is 2.64. The molecule has 6 nitrogen and oxygen atoms in total. The van der Waals surface area contributed by atoms with Crippen LogP contribution in [0.1, 0.15) is 15.9 Å². The van der Waals surface area contributed by atoms with Crippen LogP contribution < -0.4 is 10.6 Å². The third-order valence-corrected chi connectivity index (χ3v) is 5.16. The van der Waals surface area contributed by atoms with Crippen molar-refractivity contribution in [3.63, 3.8) is 0 Å². The van der Waals surface area contributed by atoms with Crippen LogP contribution in [0.3, 0.4) is 0 Å². The monoisotopic (exact) mass is 441 g/mol. The third kappa shape index (κ3) is 3.92. The number of carbonyl (C=O) groups is 2. The van der Waals surface area contributed by atoms with Crippen molar-refractivity contribution in [1.29, 1.82) is 0 Å². The summed E-state index contributed by atoms with van der Waals surface area (Å²) in [6, 6.07) is 9.13. The van der Waals surface area contributed by atoms with Gasteiger partial charge in [-0.1, -0.05) is 29.5 Å². The number of aryl methyl sites for hydroxylation is 1. The molecule has 30 heavy (non-hydrogen) atoms.